The fourth-order valence-corrected chi connectivity index (χ4v) is 3.67. The molecule has 200 valence electrons. The highest BCUT2D eigenvalue weighted by Gasteiger charge is 2.34. The fraction of sp³-hybridized carbons (Fsp3) is 0.286. The fourth-order valence-electron chi connectivity index (χ4n) is 3.67. The van der Waals surface area contributed by atoms with Gasteiger partial charge < -0.3 is 10.1 Å². The lowest BCUT2D eigenvalue weighted by Gasteiger charge is -2.21. The number of alkyl halides is 3. The van der Waals surface area contributed by atoms with Gasteiger partial charge in [0.15, 0.2) is 5.78 Å². The van der Waals surface area contributed by atoms with Gasteiger partial charge in [-0.05, 0) is 81.6 Å². The SMILES string of the molecule is Cc1cc(-c2cccc(C(=O)CC(=O)Nc3cc(C(F)(F)F)c(C)cc3NC(=O)OC(C)(C)C)c2)ccn1. The third-order valence-corrected chi connectivity index (χ3v) is 5.32. The van der Waals surface area contributed by atoms with Gasteiger partial charge in [-0.15, -0.1) is 0 Å². The Bertz CT molecular complexity index is 1380. The van der Waals surface area contributed by atoms with E-state index < -0.39 is 41.5 Å². The number of carbonyl (C=O) groups is 3. The lowest BCUT2D eigenvalue weighted by atomic mass is 10.00. The molecule has 0 spiro atoms. The number of hydrogen-bond acceptors (Lipinski definition) is 5. The number of nitrogens with one attached hydrogen (secondary N) is 2. The highest BCUT2D eigenvalue weighted by molar-refractivity contribution is 6.12. The van der Waals surface area contributed by atoms with Gasteiger partial charge in [-0.25, -0.2) is 4.79 Å². The van der Waals surface area contributed by atoms with Crippen molar-refractivity contribution < 1.29 is 32.3 Å². The Balaban J connectivity index is 1.83. The number of nitrogens with zero attached hydrogens (tertiary/aromatic N) is 1. The zero-order chi connectivity index (χ0) is 28.3. The van der Waals surface area contributed by atoms with Crippen LogP contribution in [0.4, 0.5) is 29.3 Å². The van der Waals surface area contributed by atoms with Crippen molar-refractivity contribution in [3.63, 3.8) is 0 Å². The average molecular weight is 528 g/mol. The number of aromatic nitrogens is 1. The van der Waals surface area contributed by atoms with Gasteiger partial charge in [0.1, 0.15) is 5.60 Å². The number of Topliss-reactive ketones (excluding diaryl/α,β-unsaturated/α-hetero) is 1. The van der Waals surface area contributed by atoms with Gasteiger partial charge in [0, 0.05) is 17.5 Å². The molecular weight excluding hydrogens is 499 g/mol. The van der Waals surface area contributed by atoms with Crippen LogP contribution in [-0.2, 0) is 15.7 Å². The van der Waals surface area contributed by atoms with Crippen LogP contribution in [0.5, 0.6) is 0 Å². The largest absolute Gasteiger partial charge is 0.444 e. The molecule has 0 saturated heterocycles. The van der Waals surface area contributed by atoms with Crippen LogP contribution >= 0.6 is 0 Å². The normalized spacial score (nSPS) is 11.6. The Labute approximate surface area is 218 Å². The third kappa shape index (κ3) is 7.64. The molecule has 2 N–H and O–H groups in total. The molecule has 2 aromatic carbocycles. The smallest absolute Gasteiger partial charge is 0.416 e. The molecule has 3 aromatic rings. The first-order valence-corrected chi connectivity index (χ1v) is 11.7. The molecule has 0 unspecified atom stereocenters. The van der Waals surface area contributed by atoms with Crippen LogP contribution < -0.4 is 10.6 Å². The van der Waals surface area contributed by atoms with E-state index in [0.29, 0.717) is 0 Å². The number of halogens is 3. The minimum absolute atomic E-state index is 0.0967. The number of hydrogen-bond donors (Lipinski definition) is 2. The van der Waals surface area contributed by atoms with E-state index >= 15 is 0 Å². The number of ketones is 1. The van der Waals surface area contributed by atoms with Crippen molar-refractivity contribution >= 4 is 29.2 Å². The Kier molecular flexibility index (Phi) is 8.24. The number of anilines is 2. The van der Waals surface area contributed by atoms with Gasteiger partial charge in [-0.1, -0.05) is 18.2 Å². The number of benzene rings is 2. The minimum atomic E-state index is -4.70. The molecule has 7 nitrogen and oxygen atoms in total. The van der Waals surface area contributed by atoms with Crippen LogP contribution in [0.3, 0.4) is 0 Å². The molecule has 10 heteroatoms. The molecule has 0 bridgehead atoms. The van der Waals surface area contributed by atoms with Crippen molar-refractivity contribution in [3.05, 3.63) is 77.1 Å². The zero-order valence-corrected chi connectivity index (χ0v) is 21.6. The molecule has 2 amide bonds. The van der Waals surface area contributed by atoms with Crippen molar-refractivity contribution in [1.82, 2.24) is 4.98 Å². The summed E-state index contributed by atoms with van der Waals surface area (Å²) in [6.07, 6.45) is -4.59. The van der Waals surface area contributed by atoms with Gasteiger partial charge in [-0.3, -0.25) is 19.9 Å². The number of rotatable bonds is 6. The van der Waals surface area contributed by atoms with Crippen molar-refractivity contribution in [2.75, 3.05) is 10.6 Å². The average Bonchev–Trinajstić information content (AvgIpc) is 2.78. The molecule has 1 heterocycles. The predicted octanol–water partition coefficient (Wildman–Crippen LogP) is 6.94. The summed E-state index contributed by atoms with van der Waals surface area (Å²) >= 11 is 0. The van der Waals surface area contributed by atoms with E-state index in [0.717, 1.165) is 29.0 Å². The van der Waals surface area contributed by atoms with Crippen LogP contribution in [0.15, 0.2) is 54.7 Å². The highest BCUT2D eigenvalue weighted by Crippen LogP contribution is 2.37. The van der Waals surface area contributed by atoms with E-state index in [4.69, 9.17) is 4.74 Å². The van der Waals surface area contributed by atoms with Crippen molar-refractivity contribution in [2.24, 2.45) is 0 Å². The molecular formula is C28H28F3N3O4. The molecule has 0 radical (unpaired) electrons. The topological polar surface area (TPSA) is 97.4 Å². The van der Waals surface area contributed by atoms with Crippen molar-refractivity contribution in [1.29, 1.82) is 0 Å². The van der Waals surface area contributed by atoms with Gasteiger partial charge >= 0.3 is 12.3 Å². The third-order valence-electron chi connectivity index (χ3n) is 5.32. The van der Waals surface area contributed by atoms with Crippen LogP contribution in [0.2, 0.25) is 0 Å². The lowest BCUT2D eigenvalue weighted by molar-refractivity contribution is -0.138. The standard InChI is InChI=1S/C28H28F3N3O4/c1-16-11-22(34-26(37)38-27(3,4)5)23(14-21(16)28(29,30)31)33-25(36)15-24(35)20-8-6-7-18(13-20)19-9-10-32-17(2)12-19/h6-14H,15H2,1-5H3,(H,33,36)(H,34,37). The quantitative estimate of drug-likeness (QED) is 0.267. The Hall–Kier alpha value is -4.21. The summed E-state index contributed by atoms with van der Waals surface area (Å²) in [6, 6.07) is 12.1. The number of amides is 2. The van der Waals surface area contributed by atoms with Gasteiger partial charge in [0.2, 0.25) is 5.91 Å². The first kappa shape index (κ1) is 28.4. The first-order chi connectivity index (χ1) is 17.6. The van der Waals surface area contributed by atoms with E-state index in [1.54, 1.807) is 51.2 Å². The Morgan fingerprint density at radius 2 is 1.55 bits per heavy atom. The summed E-state index contributed by atoms with van der Waals surface area (Å²) in [4.78, 5) is 42.0. The van der Waals surface area contributed by atoms with E-state index in [1.807, 2.05) is 19.1 Å². The molecule has 1 aromatic heterocycles. The number of ether oxygens (including phenoxy) is 1. The second kappa shape index (κ2) is 11.0. The Morgan fingerprint density at radius 3 is 2.18 bits per heavy atom. The van der Waals surface area contributed by atoms with E-state index in [1.165, 1.54) is 6.92 Å². The van der Waals surface area contributed by atoms with Gasteiger partial charge in [-0.2, -0.15) is 13.2 Å². The van der Waals surface area contributed by atoms with Gasteiger partial charge in [0.25, 0.3) is 0 Å². The molecule has 0 saturated carbocycles. The first-order valence-electron chi connectivity index (χ1n) is 11.7. The van der Waals surface area contributed by atoms with Gasteiger partial charge in [0.05, 0.1) is 23.4 Å². The summed E-state index contributed by atoms with van der Waals surface area (Å²) < 4.78 is 45.8. The second-order valence-electron chi connectivity index (χ2n) is 9.75. The van der Waals surface area contributed by atoms with Crippen LogP contribution in [0, 0.1) is 13.8 Å². The maximum absolute atomic E-state index is 13.5. The maximum atomic E-state index is 13.5. The number of pyridine rings is 1. The van der Waals surface area contributed by atoms with Crippen LogP contribution in [-0.4, -0.2) is 28.4 Å². The highest BCUT2D eigenvalue weighted by atomic mass is 19.4. The van der Waals surface area contributed by atoms with Crippen LogP contribution in [0.25, 0.3) is 11.1 Å². The van der Waals surface area contributed by atoms with E-state index in [2.05, 4.69) is 15.6 Å². The second-order valence-corrected chi connectivity index (χ2v) is 9.75. The summed E-state index contributed by atoms with van der Waals surface area (Å²) in [5.41, 5.74) is 0.227. The summed E-state index contributed by atoms with van der Waals surface area (Å²) in [5, 5.41) is 4.71. The molecule has 0 atom stereocenters. The number of carbonyl (C=O) groups excluding carboxylic acids is 3. The van der Waals surface area contributed by atoms with Crippen molar-refractivity contribution in [3.8, 4) is 11.1 Å². The summed E-state index contributed by atoms with van der Waals surface area (Å²) in [7, 11) is 0. The minimum Gasteiger partial charge on any atom is -0.444 e. The lowest BCUT2D eigenvalue weighted by Crippen LogP contribution is -2.28. The Morgan fingerprint density at radius 1 is 0.895 bits per heavy atom. The van der Waals surface area contributed by atoms with Crippen LogP contribution in [0.1, 0.15) is 54.4 Å². The monoisotopic (exact) mass is 527 g/mol. The molecule has 0 aliphatic rings. The molecule has 3 rings (SSSR count). The molecule has 38 heavy (non-hydrogen) atoms. The van der Waals surface area contributed by atoms with E-state index in [9.17, 15) is 27.6 Å². The zero-order valence-electron chi connectivity index (χ0n) is 21.6. The molecule has 0 aliphatic heterocycles. The number of aryl methyl sites for hydroxylation is 2. The summed E-state index contributed by atoms with van der Waals surface area (Å²) in [6.45, 7) is 7.96. The van der Waals surface area contributed by atoms with Crippen molar-refractivity contribution in [2.45, 2.75) is 52.8 Å². The van der Waals surface area contributed by atoms with E-state index in [-0.39, 0.29) is 22.5 Å². The maximum Gasteiger partial charge on any atom is 0.416 e. The summed E-state index contributed by atoms with van der Waals surface area (Å²) in [5.74, 6) is -1.37. The predicted molar refractivity (Wildman–Crippen MR) is 138 cm³/mol. The molecule has 0 aliphatic carbocycles. The molecule has 0 fully saturated rings.